The molecule has 0 unspecified atom stereocenters. The number of rotatable bonds is 4. The van der Waals surface area contributed by atoms with Crippen LogP contribution in [0, 0.1) is 5.82 Å². The Morgan fingerprint density at radius 2 is 1.68 bits per heavy atom. The van der Waals surface area contributed by atoms with Crippen LogP contribution in [-0.4, -0.2) is 16.0 Å². The fraction of sp³-hybridized carbons (Fsp3) is 0. The summed E-state index contributed by atoms with van der Waals surface area (Å²) in [6, 6.07) is 19.2. The molecular formula is C22H15FN2O3. The highest BCUT2D eigenvalue weighted by atomic mass is 19.1. The number of anilines is 1. The molecule has 138 valence electrons. The fourth-order valence-corrected chi connectivity index (χ4v) is 2.78. The number of amides is 1. The summed E-state index contributed by atoms with van der Waals surface area (Å²) in [5, 5.41) is 12.6. The molecule has 0 fully saturated rings. The monoisotopic (exact) mass is 374 g/mol. The summed E-state index contributed by atoms with van der Waals surface area (Å²) >= 11 is 0. The Balaban J connectivity index is 1.66. The number of aromatic nitrogens is 1. The first-order valence-corrected chi connectivity index (χ1v) is 8.52. The van der Waals surface area contributed by atoms with Crippen molar-refractivity contribution in [1.29, 1.82) is 0 Å². The van der Waals surface area contributed by atoms with Gasteiger partial charge in [-0.1, -0.05) is 24.3 Å². The van der Waals surface area contributed by atoms with Crippen LogP contribution in [0.25, 0.3) is 22.8 Å². The van der Waals surface area contributed by atoms with E-state index in [-0.39, 0.29) is 17.5 Å². The molecule has 2 N–H and O–H groups in total. The first-order valence-electron chi connectivity index (χ1n) is 8.52. The minimum Gasteiger partial charge on any atom is -0.506 e. The summed E-state index contributed by atoms with van der Waals surface area (Å²) in [4.78, 5) is 17.0. The van der Waals surface area contributed by atoms with Crippen LogP contribution in [0.3, 0.4) is 0 Å². The smallest absolute Gasteiger partial charge is 0.256 e. The Bertz CT molecular complexity index is 1140. The number of oxazole rings is 1. The minimum absolute atomic E-state index is 0.0250. The van der Waals surface area contributed by atoms with Crippen molar-refractivity contribution in [3.05, 3.63) is 90.4 Å². The third-order valence-corrected chi connectivity index (χ3v) is 4.19. The SMILES string of the molecule is O=C(Nc1ccccc1O)c1ccccc1-c1ncc(-c2ccc(F)cc2)o1. The lowest BCUT2D eigenvalue weighted by Crippen LogP contribution is -2.13. The maximum atomic E-state index is 13.1. The molecule has 28 heavy (non-hydrogen) atoms. The summed E-state index contributed by atoms with van der Waals surface area (Å²) < 4.78 is 18.9. The van der Waals surface area contributed by atoms with E-state index in [4.69, 9.17) is 4.42 Å². The molecule has 0 aliphatic heterocycles. The zero-order valence-electron chi connectivity index (χ0n) is 14.6. The van der Waals surface area contributed by atoms with Gasteiger partial charge in [0.25, 0.3) is 5.91 Å². The molecule has 0 bridgehead atoms. The molecule has 4 aromatic rings. The number of phenolic OH excluding ortho intramolecular Hbond substituents is 1. The molecule has 1 heterocycles. The molecule has 0 saturated heterocycles. The Labute approximate surface area is 160 Å². The highest BCUT2D eigenvalue weighted by Crippen LogP contribution is 2.29. The normalized spacial score (nSPS) is 10.6. The van der Waals surface area contributed by atoms with Gasteiger partial charge in [0.15, 0.2) is 5.76 Å². The van der Waals surface area contributed by atoms with Gasteiger partial charge >= 0.3 is 0 Å². The maximum absolute atomic E-state index is 13.1. The van der Waals surface area contributed by atoms with Crippen LogP contribution < -0.4 is 5.32 Å². The van der Waals surface area contributed by atoms with Crippen molar-refractivity contribution >= 4 is 11.6 Å². The zero-order chi connectivity index (χ0) is 19.5. The number of carbonyl (C=O) groups is 1. The molecule has 0 radical (unpaired) electrons. The van der Waals surface area contributed by atoms with Gasteiger partial charge in [0.1, 0.15) is 11.6 Å². The Kier molecular flexibility index (Phi) is 4.60. The van der Waals surface area contributed by atoms with Crippen molar-refractivity contribution in [1.82, 2.24) is 4.98 Å². The minimum atomic E-state index is -0.404. The lowest BCUT2D eigenvalue weighted by molar-refractivity contribution is 0.102. The van der Waals surface area contributed by atoms with Gasteiger partial charge in [-0.3, -0.25) is 4.79 Å². The highest BCUT2D eigenvalue weighted by molar-refractivity contribution is 6.08. The van der Waals surface area contributed by atoms with Crippen molar-refractivity contribution in [2.24, 2.45) is 0 Å². The van der Waals surface area contributed by atoms with E-state index in [2.05, 4.69) is 10.3 Å². The number of halogens is 1. The molecule has 1 amide bonds. The van der Waals surface area contributed by atoms with E-state index in [1.54, 1.807) is 54.6 Å². The zero-order valence-corrected chi connectivity index (χ0v) is 14.6. The Morgan fingerprint density at radius 1 is 0.964 bits per heavy atom. The average molecular weight is 374 g/mol. The molecule has 0 saturated carbocycles. The highest BCUT2D eigenvalue weighted by Gasteiger charge is 2.18. The third kappa shape index (κ3) is 3.48. The van der Waals surface area contributed by atoms with Gasteiger partial charge in [0.2, 0.25) is 5.89 Å². The van der Waals surface area contributed by atoms with E-state index >= 15 is 0 Å². The number of carbonyl (C=O) groups excluding carboxylic acids is 1. The molecule has 0 aliphatic carbocycles. The van der Waals surface area contributed by atoms with Gasteiger partial charge in [-0.05, 0) is 48.5 Å². The van der Waals surface area contributed by atoms with Gasteiger partial charge in [-0.2, -0.15) is 0 Å². The van der Waals surface area contributed by atoms with Crippen LogP contribution in [-0.2, 0) is 0 Å². The van der Waals surface area contributed by atoms with Gasteiger partial charge < -0.3 is 14.8 Å². The average Bonchev–Trinajstić information content (AvgIpc) is 3.20. The van der Waals surface area contributed by atoms with Crippen molar-refractivity contribution in [2.45, 2.75) is 0 Å². The van der Waals surface area contributed by atoms with E-state index in [1.807, 2.05) is 0 Å². The lowest BCUT2D eigenvalue weighted by atomic mass is 10.1. The van der Waals surface area contributed by atoms with E-state index in [0.29, 0.717) is 28.1 Å². The van der Waals surface area contributed by atoms with E-state index in [0.717, 1.165) is 0 Å². The second-order valence-electron chi connectivity index (χ2n) is 6.05. The number of aromatic hydroxyl groups is 1. The Morgan fingerprint density at radius 3 is 2.46 bits per heavy atom. The number of nitrogens with one attached hydrogen (secondary N) is 1. The topological polar surface area (TPSA) is 75.4 Å². The number of benzene rings is 3. The van der Waals surface area contributed by atoms with Crippen LogP contribution in [0.1, 0.15) is 10.4 Å². The van der Waals surface area contributed by atoms with E-state index in [1.165, 1.54) is 24.4 Å². The summed E-state index contributed by atoms with van der Waals surface area (Å²) in [6.07, 6.45) is 1.53. The number of hydrogen-bond donors (Lipinski definition) is 2. The first kappa shape index (κ1) is 17.5. The third-order valence-electron chi connectivity index (χ3n) is 4.19. The number of phenols is 1. The fourth-order valence-electron chi connectivity index (χ4n) is 2.78. The van der Waals surface area contributed by atoms with Gasteiger partial charge in [0, 0.05) is 11.1 Å². The number of para-hydroxylation sites is 2. The molecule has 0 spiro atoms. The molecule has 5 nitrogen and oxygen atoms in total. The summed E-state index contributed by atoms with van der Waals surface area (Å²) in [6.45, 7) is 0. The van der Waals surface area contributed by atoms with Crippen molar-refractivity contribution in [3.8, 4) is 28.5 Å². The van der Waals surface area contributed by atoms with E-state index < -0.39 is 5.91 Å². The molecule has 1 aromatic heterocycles. The quantitative estimate of drug-likeness (QED) is 0.487. The number of nitrogens with zero attached hydrogens (tertiary/aromatic N) is 1. The van der Waals surface area contributed by atoms with Crippen molar-refractivity contribution in [2.75, 3.05) is 5.32 Å². The van der Waals surface area contributed by atoms with Crippen LogP contribution in [0.2, 0.25) is 0 Å². The standard InChI is InChI=1S/C22H15FN2O3/c23-15-11-9-14(10-12-15)20-13-24-22(28-20)17-6-2-1-5-16(17)21(27)25-18-7-3-4-8-19(18)26/h1-13,26H,(H,25,27). The lowest BCUT2D eigenvalue weighted by Gasteiger charge is -2.09. The molecule has 4 rings (SSSR count). The molecule has 0 aliphatic rings. The van der Waals surface area contributed by atoms with E-state index in [9.17, 15) is 14.3 Å². The molecule has 3 aromatic carbocycles. The number of hydrogen-bond acceptors (Lipinski definition) is 4. The second-order valence-corrected chi connectivity index (χ2v) is 6.05. The van der Waals surface area contributed by atoms with Crippen LogP contribution in [0.4, 0.5) is 10.1 Å². The van der Waals surface area contributed by atoms with Crippen molar-refractivity contribution < 1.29 is 18.7 Å². The largest absolute Gasteiger partial charge is 0.506 e. The molecular weight excluding hydrogens is 359 g/mol. The maximum Gasteiger partial charge on any atom is 0.256 e. The van der Waals surface area contributed by atoms with Gasteiger partial charge in [-0.15, -0.1) is 0 Å². The molecule has 6 heteroatoms. The second kappa shape index (κ2) is 7.36. The predicted octanol–water partition coefficient (Wildman–Crippen LogP) is 5.11. The predicted molar refractivity (Wildman–Crippen MR) is 103 cm³/mol. The molecule has 0 atom stereocenters. The van der Waals surface area contributed by atoms with Crippen molar-refractivity contribution in [3.63, 3.8) is 0 Å². The Hall–Kier alpha value is -3.93. The van der Waals surface area contributed by atoms with Crippen LogP contribution >= 0.6 is 0 Å². The summed E-state index contributed by atoms with van der Waals surface area (Å²) in [5.74, 6) is -0.0374. The van der Waals surface area contributed by atoms with Gasteiger partial charge in [0.05, 0.1) is 17.4 Å². The van der Waals surface area contributed by atoms with Crippen LogP contribution in [0.5, 0.6) is 5.75 Å². The van der Waals surface area contributed by atoms with Gasteiger partial charge in [-0.25, -0.2) is 9.37 Å². The summed E-state index contributed by atoms with van der Waals surface area (Å²) in [5.41, 5.74) is 1.83. The summed E-state index contributed by atoms with van der Waals surface area (Å²) in [7, 11) is 0. The van der Waals surface area contributed by atoms with Crippen LogP contribution in [0.15, 0.2) is 83.4 Å². The first-order chi connectivity index (χ1) is 13.6.